The first-order chi connectivity index (χ1) is 9.99. The molecule has 0 saturated heterocycles. The second-order valence-corrected chi connectivity index (χ2v) is 6.70. The minimum Gasteiger partial charge on any atom is -0.370 e. The molecule has 2 rings (SSSR count). The lowest BCUT2D eigenvalue weighted by molar-refractivity contribution is 0.777. The molecule has 0 unspecified atom stereocenters. The molecule has 0 amide bonds. The molecule has 2 aromatic rings. The molecule has 1 heterocycles. The molecule has 0 saturated carbocycles. The van der Waals surface area contributed by atoms with Gasteiger partial charge in [0.1, 0.15) is 17.5 Å². The zero-order valence-corrected chi connectivity index (χ0v) is 15.4. The standard InChI is InChI=1S/C15H18Br2N4/c1-4-18-13-8-14(21-15(20-13)9(2)3)19-12-7-10(16)5-6-11(12)17/h5-9H,4H2,1-3H3,(H2,18,19,20,21). The van der Waals surface area contributed by atoms with Gasteiger partial charge in [0.15, 0.2) is 0 Å². The molecule has 0 bridgehead atoms. The quantitative estimate of drug-likeness (QED) is 0.698. The van der Waals surface area contributed by atoms with Crippen LogP contribution in [0.5, 0.6) is 0 Å². The highest BCUT2D eigenvalue weighted by Crippen LogP contribution is 2.29. The largest absolute Gasteiger partial charge is 0.370 e. The third-order valence-corrected chi connectivity index (χ3v) is 3.99. The normalized spacial score (nSPS) is 10.8. The van der Waals surface area contributed by atoms with E-state index in [1.807, 2.05) is 24.3 Å². The van der Waals surface area contributed by atoms with Crippen molar-refractivity contribution in [3.63, 3.8) is 0 Å². The van der Waals surface area contributed by atoms with Crippen LogP contribution in [0, 0.1) is 0 Å². The van der Waals surface area contributed by atoms with Crippen LogP contribution in [-0.2, 0) is 0 Å². The molecule has 0 aliphatic rings. The predicted molar refractivity (Wildman–Crippen MR) is 95.4 cm³/mol. The molecule has 0 atom stereocenters. The third-order valence-electron chi connectivity index (χ3n) is 2.81. The van der Waals surface area contributed by atoms with Gasteiger partial charge in [0.2, 0.25) is 0 Å². The Kier molecular flexibility index (Phi) is 5.58. The van der Waals surface area contributed by atoms with Crippen LogP contribution in [-0.4, -0.2) is 16.5 Å². The Labute approximate surface area is 142 Å². The van der Waals surface area contributed by atoms with E-state index in [0.29, 0.717) is 0 Å². The molecule has 112 valence electrons. The van der Waals surface area contributed by atoms with Crippen LogP contribution in [0.3, 0.4) is 0 Å². The summed E-state index contributed by atoms with van der Waals surface area (Å²) in [5, 5.41) is 6.58. The van der Waals surface area contributed by atoms with Crippen molar-refractivity contribution in [1.82, 2.24) is 9.97 Å². The number of aromatic nitrogens is 2. The van der Waals surface area contributed by atoms with Crippen molar-refractivity contribution in [3.05, 3.63) is 39.0 Å². The van der Waals surface area contributed by atoms with Gasteiger partial charge in [-0.15, -0.1) is 0 Å². The minimum atomic E-state index is 0.273. The maximum Gasteiger partial charge on any atom is 0.136 e. The lowest BCUT2D eigenvalue weighted by Gasteiger charge is -2.13. The highest BCUT2D eigenvalue weighted by atomic mass is 79.9. The smallest absolute Gasteiger partial charge is 0.136 e. The number of benzene rings is 1. The number of nitrogens with one attached hydrogen (secondary N) is 2. The minimum absolute atomic E-state index is 0.273. The zero-order chi connectivity index (χ0) is 15.4. The first-order valence-electron chi connectivity index (χ1n) is 6.84. The van der Waals surface area contributed by atoms with E-state index in [-0.39, 0.29) is 5.92 Å². The second-order valence-electron chi connectivity index (χ2n) is 4.93. The van der Waals surface area contributed by atoms with Crippen LogP contribution in [0.2, 0.25) is 0 Å². The van der Waals surface area contributed by atoms with Crippen LogP contribution in [0.4, 0.5) is 17.3 Å². The van der Waals surface area contributed by atoms with Gasteiger partial charge in [-0.2, -0.15) is 0 Å². The van der Waals surface area contributed by atoms with E-state index >= 15 is 0 Å². The van der Waals surface area contributed by atoms with Gasteiger partial charge >= 0.3 is 0 Å². The van der Waals surface area contributed by atoms with Gasteiger partial charge in [-0.05, 0) is 41.1 Å². The second kappa shape index (κ2) is 7.22. The molecule has 0 radical (unpaired) electrons. The summed E-state index contributed by atoms with van der Waals surface area (Å²) in [6.07, 6.45) is 0. The molecule has 0 aliphatic heterocycles. The number of nitrogens with zero attached hydrogens (tertiary/aromatic N) is 2. The molecule has 21 heavy (non-hydrogen) atoms. The summed E-state index contributed by atoms with van der Waals surface area (Å²) in [6, 6.07) is 7.90. The van der Waals surface area contributed by atoms with Crippen molar-refractivity contribution in [2.75, 3.05) is 17.2 Å². The van der Waals surface area contributed by atoms with Crippen LogP contribution in [0.1, 0.15) is 32.5 Å². The number of hydrogen-bond donors (Lipinski definition) is 2. The van der Waals surface area contributed by atoms with Crippen molar-refractivity contribution < 1.29 is 0 Å². The van der Waals surface area contributed by atoms with Crippen LogP contribution in [0.15, 0.2) is 33.2 Å². The van der Waals surface area contributed by atoms with Crippen LogP contribution >= 0.6 is 31.9 Å². The fourth-order valence-electron chi connectivity index (χ4n) is 1.79. The van der Waals surface area contributed by atoms with Gasteiger partial charge in [0.25, 0.3) is 0 Å². The maximum atomic E-state index is 4.58. The van der Waals surface area contributed by atoms with E-state index in [0.717, 1.165) is 38.6 Å². The Morgan fingerprint density at radius 1 is 1.10 bits per heavy atom. The van der Waals surface area contributed by atoms with Gasteiger partial charge < -0.3 is 10.6 Å². The molecule has 1 aromatic carbocycles. The van der Waals surface area contributed by atoms with Crippen molar-refractivity contribution in [2.45, 2.75) is 26.7 Å². The molecule has 0 fully saturated rings. The fourth-order valence-corrected chi connectivity index (χ4v) is 2.50. The highest BCUT2D eigenvalue weighted by molar-refractivity contribution is 9.11. The Morgan fingerprint density at radius 3 is 2.48 bits per heavy atom. The third kappa shape index (κ3) is 4.41. The van der Waals surface area contributed by atoms with E-state index < -0.39 is 0 Å². The fraction of sp³-hybridized carbons (Fsp3) is 0.333. The van der Waals surface area contributed by atoms with Crippen molar-refractivity contribution in [1.29, 1.82) is 0 Å². The molecular formula is C15H18Br2N4. The van der Waals surface area contributed by atoms with Gasteiger partial charge in [-0.1, -0.05) is 29.8 Å². The SMILES string of the molecule is CCNc1cc(Nc2cc(Br)ccc2Br)nc(C(C)C)n1. The predicted octanol–water partition coefficient (Wildman–Crippen LogP) is 5.30. The van der Waals surface area contributed by atoms with E-state index in [2.05, 4.69) is 73.2 Å². The summed E-state index contributed by atoms with van der Waals surface area (Å²) in [4.78, 5) is 9.10. The number of hydrogen-bond acceptors (Lipinski definition) is 4. The Balaban J connectivity index is 2.36. The number of halogens is 2. The first-order valence-corrected chi connectivity index (χ1v) is 8.43. The van der Waals surface area contributed by atoms with Gasteiger partial charge in [0.05, 0.1) is 5.69 Å². The van der Waals surface area contributed by atoms with Crippen molar-refractivity contribution in [3.8, 4) is 0 Å². The molecule has 1 aromatic heterocycles. The van der Waals surface area contributed by atoms with Gasteiger partial charge in [-0.3, -0.25) is 0 Å². The average Bonchev–Trinajstić information content (AvgIpc) is 2.43. The van der Waals surface area contributed by atoms with Gasteiger partial charge in [0, 0.05) is 27.5 Å². The summed E-state index contributed by atoms with van der Waals surface area (Å²) in [6.45, 7) is 7.05. The maximum absolute atomic E-state index is 4.58. The molecular weight excluding hydrogens is 396 g/mol. The summed E-state index contributed by atoms with van der Waals surface area (Å²) < 4.78 is 2.00. The van der Waals surface area contributed by atoms with E-state index in [9.17, 15) is 0 Å². The monoisotopic (exact) mass is 412 g/mol. The van der Waals surface area contributed by atoms with Crippen LogP contribution in [0.25, 0.3) is 0 Å². The lowest BCUT2D eigenvalue weighted by Crippen LogP contribution is -2.07. The van der Waals surface area contributed by atoms with Gasteiger partial charge in [-0.25, -0.2) is 9.97 Å². The summed E-state index contributed by atoms with van der Waals surface area (Å²) in [5.74, 6) is 2.71. The van der Waals surface area contributed by atoms with Crippen LogP contribution < -0.4 is 10.6 Å². The Bertz CT molecular complexity index is 629. The molecule has 6 heteroatoms. The molecule has 2 N–H and O–H groups in total. The summed E-state index contributed by atoms with van der Waals surface area (Å²) in [5.41, 5.74) is 0.959. The molecule has 0 aliphatic carbocycles. The average molecular weight is 414 g/mol. The zero-order valence-electron chi connectivity index (χ0n) is 12.2. The van der Waals surface area contributed by atoms with E-state index in [4.69, 9.17) is 0 Å². The van der Waals surface area contributed by atoms with E-state index in [1.54, 1.807) is 0 Å². The Morgan fingerprint density at radius 2 is 1.81 bits per heavy atom. The summed E-state index contributed by atoms with van der Waals surface area (Å²) >= 11 is 7.02. The first kappa shape index (κ1) is 16.2. The molecule has 0 spiro atoms. The number of anilines is 3. The number of rotatable bonds is 5. The Hall–Kier alpha value is -1.14. The van der Waals surface area contributed by atoms with Crippen molar-refractivity contribution >= 4 is 49.2 Å². The van der Waals surface area contributed by atoms with Crippen molar-refractivity contribution in [2.24, 2.45) is 0 Å². The lowest BCUT2D eigenvalue weighted by atomic mass is 10.2. The highest BCUT2D eigenvalue weighted by Gasteiger charge is 2.09. The van der Waals surface area contributed by atoms with E-state index in [1.165, 1.54) is 0 Å². The summed E-state index contributed by atoms with van der Waals surface area (Å²) in [7, 11) is 0. The topological polar surface area (TPSA) is 49.8 Å². The molecule has 4 nitrogen and oxygen atoms in total.